The molecule has 0 fully saturated rings. The minimum atomic E-state index is -0.564. The fraction of sp³-hybridized carbons (Fsp3) is 0.455. The van der Waals surface area contributed by atoms with Crippen LogP contribution in [0.5, 0.6) is 5.75 Å². The first-order chi connectivity index (χ1) is 15.4. The first-order valence-corrected chi connectivity index (χ1v) is 11.5. The van der Waals surface area contributed by atoms with Crippen molar-refractivity contribution in [1.29, 1.82) is 0 Å². The first-order valence-electron chi connectivity index (χ1n) is 10.7. The fourth-order valence-corrected chi connectivity index (χ4v) is 4.67. The van der Waals surface area contributed by atoms with Crippen LogP contribution in [0.1, 0.15) is 57.4 Å². The Balaban J connectivity index is 1.79. The van der Waals surface area contributed by atoms with E-state index < -0.39 is 5.91 Å². The maximum absolute atomic E-state index is 13.1. The average molecular weight is 458 g/mol. The summed E-state index contributed by atoms with van der Waals surface area (Å²) in [6, 6.07) is 3.27. The molecular weight excluding hydrogens is 430 g/mol. The van der Waals surface area contributed by atoms with Gasteiger partial charge in [-0.3, -0.25) is 14.9 Å². The number of carbonyl (C=O) groups excluding carboxylic acids is 2. The minimum Gasteiger partial charge on any atom is -0.491 e. The van der Waals surface area contributed by atoms with Gasteiger partial charge >= 0.3 is 0 Å². The number of hydrogen-bond donors (Lipinski definition) is 2. The van der Waals surface area contributed by atoms with Gasteiger partial charge in [-0.1, -0.05) is 6.92 Å². The van der Waals surface area contributed by atoms with E-state index in [9.17, 15) is 9.59 Å². The summed E-state index contributed by atoms with van der Waals surface area (Å²) < 4.78 is 13.8. The van der Waals surface area contributed by atoms with Crippen molar-refractivity contribution in [2.75, 3.05) is 18.5 Å². The number of aromatic nitrogens is 3. The number of imidazole rings is 1. The second-order valence-corrected chi connectivity index (χ2v) is 8.99. The smallest absolute Gasteiger partial charge is 0.269 e. The third-order valence-corrected chi connectivity index (χ3v) is 6.38. The molecule has 9 nitrogen and oxygen atoms in total. The number of nitrogens with one attached hydrogen (secondary N) is 1. The molecule has 3 heterocycles. The number of aryl methyl sites for hydroxylation is 3. The summed E-state index contributed by atoms with van der Waals surface area (Å²) in [7, 11) is 0. The number of anilines is 1. The predicted octanol–water partition coefficient (Wildman–Crippen LogP) is 3.29. The lowest BCUT2D eigenvalue weighted by Crippen LogP contribution is -2.17. The number of nitrogens with zero attached hydrogens (tertiary/aromatic N) is 3. The molecule has 0 saturated heterocycles. The van der Waals surface area contributed by atoms with Gasteiger partial charge in [0, 0.05) is 25.1 Å². The summed E-state index contributed by atoms with van der Waals surface area (Å²) in [6.07, 6.45) is 2.17. The van der Waals surface area contributed by atoms with Crippen LogP contribution in [0.25, 0.3) is 11.0 Å². The maximum Gasteiger partial charge on any atom is 0.269 e. The van der Waals surface area contributed by atoms with Crippen molar-refractivity contribution >= 4 is 40.1 Å². The number of rotatable bonds is 4. The summed E-state index contributed by atoms with van der Waals surface area (Å²) in [6.45, 7) is 7.42. The van der Waals surface area contributed by atoms with Gasteiger partial charge in [0.25, 0.3) is 5.91 Å². The summed E-state index contributed by atoms with van der Waals surface area (Å²) in [5.41, 5.74) is 7.86. The molecule has 1 aromatic carbocycles. The van der Waals surface area contributed by atoms with Crippen LogP contribution >= 0.6 is 11.3 Å². The fourth-order valence-electron chi connectivity index (χ4n) is 3.77. The predicted molar refractivity (Wildman–Crippen MR) is 123 cm³/mol. The molecule has 3 N–H and O–H groups in total. The Labute approximate surface area is 189 Å². The van der Waals surface area contributed by atoms with E-state index in [1.54, 1.807) is 12.1 Å². The number of primary amides is 1. The van der Waals surface area contributed by atoms with Gasteiger partial charge in [0.2, 0.25) is 11.9 Å². The largest absolute Gasteiger partial charge is 0.491 e. The van der Waals surface area contributed by atoms with E-state index in [-0.39, 0.29) is 12.0 Å². The van der Waals surface area contributed by atoms with E-state index in [1.165, 1.54) is 11.3 Å². The Morgan fingerprint density at radius 3 is 2.88 bits per heavy atom. The van der Waals surface area contributed by atoms with Crippen LogP contribution in [0.4, 0.5) is 5.95 Å². The second-order valence-electron chi connectivity index (χ2n) is 7.78. The van der Waals surface area contributed by atoms with E-state index in [1.807, 2.05) is 25.3 Å². The van der Waals surface area contributed by atoms with Gasteiger partial charge in [-0.25, -0.2) is 9.97 Å². The highest BCUT2D eigenvalue weighted by molar-refractivity contribution is 7.13. The summed E-state index contributed by atoms with van der Waals surface area (Å²) >= 11 is 1.36. The molecule has 0 saturated carbocycles. The highest BCUT2D eigenvalue weighted by Gasteiger charge is 2.23. The van der Waals surface area contributed by atoms with Crippen LogP contribution in [0.3, 0.4) is 0 Å². The highest BCUT2D eigenvalue weighted by atomic mass is 32.1. The van der Waals surface area contributed by atoms with Crippen molar-refractivity contribution in [3.8, 4) is 5.75 Å². The molecular formula is C22H27N5O4S. The van der Waals surface area contributed by atoms with Crippen LogP contribution in [-0.4, -0.2) is 45.7 Å². The van der Waals surface area contributed by atoms with Crippen molar-refractivity contribution in [1.82, 2.24) is 14.5 Å². The van der Waals surface area contributed by atoms with Crippen LogP contribution < -0.4 is 15.8 Å². The highest BCUT2D eigenvalue weighted by Crippen LogP contribution is 2.32. The molecule has 0 unspecified atom stereocenters. The zero-order chi connectivity index (χ0) is 22.8. The number of nitrogens with two attached hydrogens (primary N) is 1. The number of benzene rings is 1. The standard InChI is InChI=1S/C22H27N5O4S/c1-4-15-19(32-13(3)24-15)21(29)26-22-25-16-10-14(20(23)28)11-17-18(16)27(22)7-5-8-30-12(2)6-9-31-17/h10-12H,4-9H2,1-3H3,(H2,23,28)(H,25,26,29)/t12-/m0/s1. The number of ether oxygens (including phenoxy) is 2. The lowest BCUT2D eigenvalue weighted by Gasteiger charge is -2.13. The van der Waals surface area contributed by atoms with Crippen molar-refractivity contribution in [2.45, 2.75) is 52.7 Å². The van der Waals surface area contributed by atoms with Gasteiger partial charge in [-0.15, -0.1) is 11.3 Å². The van der Waals surface area contributed by atoms with Crippen molar-refractivity contribution < 1.29 is 19.1 Å². The SMILES string of the molecule is CCc1nc(C)sc1C(=O)Nc1nc2cc(C(N)=O)cc3c2n1CCCO[C@@H](C)CCO3. The first kappa shape index (κ1) is 22.2. The molecule has 0 bridgehead atoms. The number of hydrogen-bond acceptors (Lipinski definition) is 7. The Hall–Kier alpha value is -2.98. The lowest BCUT2D eigenvalue weighted by atomic mass is 10.1. The molecule has 10 heteroatoms. The molecule has 0 radical (unpaired) electrons. The van der Waals surface area contributed by atoms with Gasteiger partial charge in [0.05, 0.1) is 28.9 Å². The van der Waals surface area contributed by atoms with E-state index in [2.05, 4.69) is 15.3 Å². The van der Waals surface area contributed by atoms with Crippen molar-refractivity contribution in [3.05, 3.63) is 33.3 Å². The second kappa shape index (κ2) is 9.25. The Morgan fingerprint density at radius 2 is 2.12 bits per heavy atom. The summed E-state index contributed by atoms with van der Waals surface area (Å²) in [4.78, 5) is 34.6. The molecule has 0 spiro atoms. The van der Waals surface area contributed by atoms with Crippen LogP contribution in [0.2, 0.25) is 0 Å². The van der Waals surface area contributed by atoms with E-state index in [0.29, 0.717) is 60.3 Å². The van der Waals surface area contributed by atoms with Gasteiger partial charge < -0.3 is 19.8 Å². The Morgan fingerprint density at radius 1 is 1.31 bits per heavy atom. The van der Waals surface area contributed by atoms with Crippen molar-refractivity contribution in [3.63, 3.8) is 0 Å². The minimum absolute atomic E-state index is 0.0570. The zero-order valence-corrected chi connectivity index (χ0v) is 19.3. The number of carbonyl (C=O) groups is 2. The van der Waals surface area contributed by atoms with E-state index in [0.717, 1.165) is 22.6 Å². The third-order valence-electron chi connectivity index (χ3n) is 5.37. The molecule has 1 aliphatic heterocycles. The Bertz CT molecular complexity index is 1170. The van der Waals surface area contributed by atoms with Gasteiger partial charge in [0.1, 0.15) is 16.1 Å². The molecule has 32 heavy (non-hydrogen) atoms. The summed E-state index contributed by atoms with van der Waals surface area (Å²) in [5.74, 6) is 0.0829. The molecule has 1 atom stereocenters. The van der Waals surface area contributed by atoms with Crippen LogP contribution in [-0.2, 0) is 17.7 Å². The molecule has 2 amide bonds. The normalized spacial score (nSPS) is 16.9. The quantitative estimate of drug-likeness (QED) is 0.620. The van der Waals surface area contributed by atoms with E-state index in [4.69, 9.17) is 15.2 Å². The molecule has 4 rings (SSSR count). The summed E-state index contributed by atoms with van der Waals surface area (Å²) in [5, 5.41) is 3.78. The number of amides is 2. The average Bonchev–Trinajstić information content (AvgIpc) is 3.29. The molecule has 1 aliphatic rings. The van der Waals surface area contributed by atoms with Gasteiger partial charge in [-0.05, 0) is 38.8 Å². The molecule has 0 aliphatic carbocycles. The monoisotopic (exact) mass is 457 g/mol. The zero-order valence-electron chi connectivity index (χ0n) is 18.4. The van der Waals surface area contributed by atoms with Gasteiger partial charge in [-0.2, -0.15) is 0 Å². The molecule has 3 aromatic rings. The Kier molecular flexibility index (Phi) is 6.43. The topological polar surface area (TPSA) is 121 Å². The van der Waals surface area contributed by atoms with Crippen LogP contribution in [0.15, 0.2) is 12.1 Å². The van der Waals surface area contributed by atoms with Crippen molar-refractivity contribution in [2.24, 2.45) is 5.73 Å². The third kappa shape index (κ3) is 4.46. The van der Waals surface area contributed by atoms with Crippen LogP contribution in [0, 0.1) is 6.92 Å². The maximum atomic E-state index is 13.1. The molecule has 2 aromatic heterocycles. The number of thiazole rings is 1. The lowest BCUT2D eigenvalue weighted by molar-refractivity contribution is 0.0485. The van der Waals surface area contributed by atoms with Gasteiger partial charge in [0.15, 0.2) is 0 Å². The van der Waals surface area contributed by atoms with E-state index >= 15 is 0 Å². The molecule has 170 valence electrons.